The van der Waals surface area contributed by atoms with Crippen LogP contribution in [0, 0.1) is 5.92 Å². The van der Waals surface area contributed by atoms with Gasteiger partial charge in [0.05, 0.1) is 6.10 Å². The van der Waals surface area contributed by atoms with Crippen molar-refractivity contribution < 1.29 is 10.2 Å². The fourth-order valence-corrected chi connectivity index (χ4v) is 1.66. The maximum atomic E-state index is 9.61. The molecule has 1 atom stereocenters. The number of phenolic OH excluding ortho intramolecular Hbond substituents is 1. The van der Waals surface area contributed by atoms with Crippen LogP contribution in [-0.2, 0) is 6.54 Å². The molecule has 1 unspecified atom stereocenters. The van der Waals surface area contributed by atoms with Gasteiger partial charge in [0, 0.05) is 18.7 Å². The Morgan fingerprint density at radius 3 is 2.73 bits per heavy atom. The number of phenols is 1. The number of para-hydroxylation sites is 1. The highest BCUT2D eigenvalue weighted by Gasteiger charge is 2.29. The van der Waals surface area contributed by atoms with Gasteiger partial charge in [-0.1, -0.05) is 18.2 Å². The number of hydrogen-bond acceptors (Lipinski definition) is 3. The van der Waals surface area contributed by atoms with Gasteiger partial charge in [0.1, 0.15) is 5.75 Å². The highest BCUT2D eigenvalue weighted by atomic mass is 16.3. The summed E-state index contributed by atoms with van der Waals surface area (Å²) in [5.41, 5.74) is 0.875. The number of nitrogens with one attached hydrogen (secondary N) is 1. The number of aromatic hydroxyl groups is 1. The Balaban J connectivity index is 1.75. The van der Waals surface area contributed by atoms with Crippen LogP contribution in [0.2, 0.25) is 0 Å². The second kappa shape index (κ2) is 4.64. The predicted molar refractivity (Wildman–Crippen MR) is 58.5 cm³/mol. The Bertz CT molecular complexity index is 323. The fourth-order valence-electron chi connectivity index (χ4n) is 1.66. The van der Waals surface area contributed by atoms with Gasteiger partial charge in [-0.3, -0.25) is 0 Å². The van der Waals surface area contributed by atoms with E-state index < -0.39 is 0 Å². The lowest BCUT2D eigenvalue weighted by Crippen LogP contribution is -2.27. The van der Waals surface area contributed by atoms with Gasteiger partial charge in [0.15, 0.2) is 0 Å². The summed E-state index contributed by atoms with van der Waals surface area (Å²) in [6, 6.07) is 7.26. The molecule has 82 valence electrons. The molecule has 0 aromatic heterocycles. The molecule has 1 aliphatic carbocycles. The molecule has 0 radical (unpaired) electrons. The second-order valence-electron chi connectivity index (χ2n) is 4.16. The molecule has 2 rings (SSSR count). The molecular formula is C12H17NO2. The first-order valence-electron chi connectivity index (χ1n) is 5.43. The van der Waals surface area contributed by atoms with E-state index in [2.05, 4.69) is 5.32 Å². The minimum absolute atomic E-state index is 0.226. The van der Waals surface area contributed by atoms with E-state index in [1.807, 2.05) is 12.1 Å². The summed E-state index contributed by atoms with van der Waals surface area (Å²) in [4.78, 5) is 0. The van der Waals surface area contributed by atoms with E-state index >= 15 is 0 Å². The average Bonchev–Trinajstić information content (AvgIpc) is 3.04. The maximum absolute atomic E-state index is 9.61. The molecule has 0 aliphatic heterocycles. The van der Waals surface area contributed by atoms with Crippen molar-refractivity contribution in [3.8, 4) is 5.75 Å². The van der Waals surface area contributed by atoms with Crippen molar-refractivity contribution in [1.82, 2.24) is 5.32 Å². The van der Waals surface area contributed by atoms with E-state index in [0.29, 0.717) is 24.8 Å². The first-order chi connectivity index (χ1) is 7.27. The third-order valence-electron chi connectivity index (χ3n) is 2.83. The van der Waals surface area contributed by atoms with Crippen LogP contribution in [-0.4, -0.2) is 22.9 Å². The molecule has 3 heteroatoms. The summed E-state index contributed by atoms with van der Waals surface area (Å²) in [6.07, 6.45) is 2.08. The zero-order chi connectivity index (χ0) is 10.7. The van der Waals surface area contributed by atoms with Crippen LogP contribution < -0.4 is 5.32 Å². The van der Waals surface area contributed by atoms with Crippen molar-refractivity contribution in [2.45, 2.75) is 25.5 Å². The van der Waals surface area contributed by atoms with Gasteiger partial charge < -0.3 is 15.5 Å². The van der Waals surface area contributed by atoms with Gasteiger partial charge in [-0.25, -0.2) is 0 Å². The average molecular weight is 207 g/mol. The number of benzene rings is 1. The van der Waals surface area contributed by atoms with Crippen molar-refractivity contribution in [2.75, 3.05) is 6.54 Å². The van der Waals surface area contributed by atoms with Crippen LogP contribution in [0.1, 0.15) is 18.4 Å². The predicted octanol–water partition coefficient (Wildman–Crippen LogP) is 1.25. The molecule has 0 heterocycles. The Labute approximate surface area is 89.8 Å². The Kier molecular flexibility index (Phi) is 3.23. The van der Waals surface area contributed by atoms with Crippen LogP contribution >= 0.6 is 0 Å². The van der Waals surface area contributed by atoms with Crippen LogP contribution in [0.4, 0.5) is 0 Å². The monoisotopic (exact) mass is 207 g/mol. The quantitative estimate of drug-likeness (QED) is 0.681. The highest BCUT2D eigenvalue weighted by molar-refractivity contribution is 5.31. The summed E-state index contributed by atoms with van der Waals surface area (Å²) in [7, 11) is 0. The van der Waals surface area contributed by atoms with Crippen molar-refractivity contribution in [3.63, 3.8) is 0 Å². The van der Waals surface area contributed by atoms with Gasteiger partial charge in [-0.15, -0.1) is 0 Å². The van der Waals surface area contributed by atoms with Gasteiger partial charge in [0.2, 0.25) is 0 Å². The summed E-state index contributed by atoms with van der Waals surface area (Å²) in [5.74, 6) is 0.813. The Hall–Kier alpha value is -1.06. The smallest absolute Gasteiger partial charge is 0.120 e. The van der Waals surface area contributed by atoms with Crippen LogP contribution in [0.3, 0.4) is 0 Å². The van der Waals surface area contributed by atoms with E-state index in [0.717, 1.165) is 18.4 Å². The molecule has 1 aliphatic rings. The lowest BCUT2D eigenvalue weighted by molar-refractivity contribution is 0.148. The lowest BCUT2D eigenvalue weighted by Gasteiger charge is -2.11. The zero-order valence-electron chi connectivity index (χ0n) is 8.69. The fraction of sp³-hybridized carbons (Fsp3) is 0.500. The largest absolute Gasteiger partial charge is 0.508 e. The van der Waals surface area contributed by atoms with Crippen molar-refractivity contribution in [3.05, 3.63) is 29.8 Å². The molecule has 1 fully saturated rings. The zero-order valence-corrected chi connectivity index (χ0v) is 8.69. The highest BCUT2D eigenvalue weighted by Crippen LogP contribution is 2.32. The van der Waals surface area contributed by atoms with Crippen molar-refractivity contribution >= 4 is 0 Å². The number of aliphatic hydroxyl groups is 1. The van der Waals surface area contributed by atoms with Gasteiger partial charge in [-0.2, -0.15) is 0 Å². The summed E-state index contributed by atoms with van der Waals surface area (Å²) in [6.45, 7) is 1.22. The molecule has 1 aromatic carbocycles. The number of hydrogen-bond donors (Lipinski definition) is 3. The van der Waals surface area contributed by atoms with E-state index in [4.69, 9.17) is 0 Å². The topological polar surface area (TPSA) is 52.5 Å². The molecule has 0 bridgehead atoms. The van der Waals surface area contributed by atoms with Gasteiger partial charge in [0.25, 0.3) is 0 Å². The Morgan fingerprint density at radius 2 is 2.07 bits per heavy atom. The SMILES string of the molecule is Oc1ccccc1CNCC(O)C1CC1. The lowest BCUT2D eigenvalue weighted by atomic mass is 10.2. The first kappa shape index (κ1) is 10.5. The molecule has 0 spiro atoms. The van der Waals surface area contributed by atoms with Crippen molar-refractivity contribution in [2.24, 2.45) is 5.92 Å². The summed E-state index contributed by atoms with van der Waals surface area (Å²) >= 11 is 0. The molecule has 15 heavy (non-hydrogen) atoms. The van der Waals surface area contributed by atoms with E-state index in [1.165, 1.54) is 0 Å². The Morgan fingerprint density at radius 1 is 1.33 bits per heavy atom. The van der Waals surface area contributed by atoms with Crippen LogP contribution in [0.5, 0.6) is 5.75 Å². The van der Waals surface area contributed by atoms with Gasteiger partial charge in [-0.05, 0) is 24.8 Å². The maximum Gasteiger partial charge on any atom is 0.120 e. The molecule has 3 N–H and O–H groups in total. The molecule has 0 amide bonds. The molecular weight excluding hydrogens is 190 g/mol. The molecule has 1 aromatic rings. The van der Waals surface area contributed by atoms with E-state index in [-0.39, 0.29) is 6.10 Å². The minimum Gasteiger partial charge on any atom is -0.508 e. The van der Waals surface area contributed by atoms with E-state index in [9.17, 15) is 10.2 Å². The summed E-state index contributed by atoms with van der Waals surface area (Å²) < 4.78 is 0. The molecule has 1 saturated carbocycles. The third-order valence-corrected chi connectivity index (χ3v) is 2.83. The number of aliphatic hydroxyl groups excluding tert-OH is 1. The third kappa shape index (κ3) is 2.94. The minimum atomic E-state index is -0.226. The molecule has 3 nitrogen and oxygen atoms in total. The van der Waals surface area contributed by atoms with Crippen molar-refractivity contribution in [1.29, 1.82) is 0 Å². The van der Waals surface area contributed by atoms with Crippen LogP contribution in [0.15, 0.2) is 24.3 Å². The normalized spacial score (nSPS) is 17.7. The van der Waals surface area contributed by atoms with E-state index in [1.54, 1.807) is 12.1 Å². The van der Waals surface area contributed by atoms with Crippen LogP contribution in [0.25, 0.3) is 0 Å². The molecule has 0 saturated heterocycles. The number of rotatable bonds is 5. The second-order valence-corrected chi connectivity index (χ2v) is 4.16. The standard InChI is InChI=1S/C12H17NO2/c14-11-4-2-1-3-10(11)7-13-8-12(15)9-5-6-9/h1-4,9,12-15H,5-8H2. The van der Waals surface area contributed by atoms with Gasteiger partial charge >= 0.3 is 0 Å². The summed E-state index contributed by atoms with van der Waals surface area (Å²) in [5, 5.41) is 22.3. The first-order valence-corrected chi connectivity index (χ1v) is 5.43.